The number of hydrogen-bond donors (Lipinski definition) is 0. The van der Waals surface area contributed by atoms with Gasteiger partial charge in [-0.25, -0.2) is 4.68 Å². The average molecular weight is 306 g/mol. The number of anilines is 1. The van der Waals surface area contributed by atoms with Gasteiger partial charge in [0.25, 0.3) is 0 Å². The maximum atomic E-state index is 4.43. The molecule has 1 heterocycles. The summed E-state index contributed by atoms with van der Waals surface area (Å²) in [7, 11) is 4.10. The highest BCUT2D eigenvalue weighted by Gasteiger charge is 2.14. The quantitative estimate of drug-likeness (QED) is 0.723. The van der Waals surface area contributed by atoms with Crippen molar-refractivity contribution >= 4 is 5.69 Å². The number of rotatable bonds is 5. The molecule has 2 aromatic carbocycles. The third-order valence-electron chi connectivity index (χ3n) is 4.08. The summed E-state index contributed by atoms with van der Waals surface area (Å²) in [4.78, 5) is 2.11. The van der Waals surface area contributed by atoms with E-state index in [9.17, 15) is 0 Å². The minimum Gasteiger partial charge on any atom is -0.377 e. The molecule has 0 amide bonds. The smallest absolute Gasteiger partial charge is 0.118 e. The van der Waals surface area contributed by atoms with Gasteiger partial charge < -0.3 is 4.90 Å². The first-order valence-electron chi connectivity index (χ1n) is 7.87. The molecule has 0 saturated heterocycles. The van der Waals surface area contributed by atoms with E-state index in [1.807, 2.05) is 37.0 Å². The maximum absolute atomic E-state index is 4.43. The molecular formula is C19H22N4. The molecule has 0 aliphatic rings. The fourth-order valence-electron chi connectivity index (χ4n) is 2.77. The molecule has 3 rings (SSSR count). The van der Waals surface area contributed by atoms with Gasteiger partial charge in [0.05, 0.1) is 5.69 Å². The number of hydrogen-bond acceptors (Lipinski definition) is 3. The fraction of sp³-hybridized carbons (Fsp3) is 0.263. The third kappa shape index (κ3) is 3.26. The van der Waals surface area contributed by atoms with Gasteiger partial charge in [-0.2, -0.15) is 0 Å². The topological polar surface area (TPSA) is 34.0 Å². The molecule has 4 nitrogen and oxygen atoms in total. The summed E-state index contributed by atoms with van der Waals surface area (Å²) < 4.78 is 1.99. The molecule has 0 fully saturated rings. The van der Waals surface area contributed by atoms with Crippen LogP contribution in [0.25, 0.3) is 11.3 Å². The van der Waals surface area contributed by atoms with E-state index in [0.29, 0.717) is 0 Å². The zero-order valence-corrected chi connectivity index (χ0v) is 13.9. The van der Waals surface area contributed by atoms with Crippen LogP contribution in [0.5, 0.6) is 0 Å². The minimum absolute atomic E-state index is 0.840. The van der Waals surface area contributed by atoms with E-state index < -0.39 is 0 Å². The van der Waals surface area contributed by atoms with Gasteiger partial charge in [0.2, 0.25) is 0 Å². The molecule has 1 aromatic heterocycles. The summed E-state index contributed by atoms with van der Waals surface area (Å²) in [5, 5.41) is 8.78. The maximum Gasteiger partial charge on any atom is 0.118 e. The van der Waals surface area contributed by atoms with Crippen LogP contribution in [0.2, 0.25) is 0 Å². The number of aryl methyl sites for hydroxylation is 2. The van der Waals surface area contributed by atoms with E-state index in [-0.39, 0.29) is 0 Å². The van der Waals surface area contributed by atoms with Crippen molar-refractivity contribution < 1.29 is 0 Å². The Kier molecular flexibility index (Phi) is 4.42. The molecular weight excluding hydrogens is 284 g/mol. The standard InChI is InChI=1S/C19H22N4/c1-15-19(17-11-7-8-12-18(17)22(2)3)20-21-23(15)14-13-16-9-5-4-6-10-16/h4-12H,13-14H2,1-3H3. The Labute approximate surface area is 137 Å². The Morgan fingerprint density at radius 3 is 2.39 bits per heavy atom. The molecule has 0 N–H and O–H groups in total. The van der Waals surface area contributed by atoms with Crippen molar-refractivity contribution in [1.29, 1.82) is 0 Å². The summed E-state index contributed by atoms with van der Waals surface area (Å²) in [5.74, 6) is 0. The van der Waals surface area contributed by atoms with Gasteiger partial charge in [0, 0.05) is 31.9 Å². The van der Waals surface area contributed by atoms with E-state index in [0.717, 1.165) is 35.6 Å². The van der Waals surface area contributed by atoms with Crippen molar-refractivity contribution in [3.8, 4) is 11.3 Å². The average Bonchev–Trinajstić information content (AvgIpc) is 2.94. The predicted molar refractivity (Wildman–Crippen MR) is 94.7 cm³/mol. The second kappa shape index (κ2) is 6.65. The summed E-state index contributed by atoms with van der Waals surface area (Å²) >= 11 is 0. The highest BCUT2D eigenvalue weighted by Crippen LogP contribution is 2.30. The predicted octanol–water partition coefficient (Wildman–Crippen LogP) is 3.56. The molecule has 0 saturated carbocycles. The highest BCUT2D eigenvalue weighted by atomic mass is 15.4. The van der Waals surface area contributed by atoms with E-state index in [1.165, 1.54) is 5.56 Å². The Morgan fingerprint density at radius 2 is 1.65 bits per heavy atom. The van der Waals surface area contributed by atoms with Crippen LogP contribution in [0.1, 0.15) is 11.3 Å². The van der Waals surface area contributed by atoms with Crippen LogP contribution < -0.4 is 4.90 Å². The fourth-order valence-corrected chi connectivity index (χ4v) is 2.77. The number of benzene rings is 2. The van der Waals surface area contributed by atoms with Crippen LogP contribution >= 0.6 is 0 Å². The molecule has 23 heavy (non-hydrogen) atoms. The van der Waals surface area contributed by atoms with Crippen LogP contribution in [-0.2, 0) is 13.0 Å². The van der Waals surface area contributed by atoms with Crippen molar-refractivity contribution in [2.75, 3.05) is 19.0 Å². The van der Waals surface area contributed by atoms with Crippen molar-refractivity contribution in [3.05, 3.63) is 65.9 Å². The lowest BCUT2D eigenvalue weighted by Crippen LogP contribution is -2.10. The molecule has 4 heteroatoms. The van der Waals surface area contributed by atoms with Crippen LogP contribution in [0.15, 0.2) is 54.6 Å². The lowest BCUT2D eigenvalue weighted by Gasteiger charge is -2.16. The number of nitrogens with zero attached hydrogens (tertiary/aromatic N) is 4. The molecule has 0 aliphatic carbocycles. The normalized spacial score (nSPS) is 10.7. The first-order valence-corrected chi connectivity index (χ1v) is 7.87. The van der Waals surface area contributed by atoms with Gasteiger partial charge in [0.15, 0.2) is 0 Å². The Balaban J connectivity index is 1.85. The zero-order valence-electron chi connectivity index (χ0n) is 13.9. The Hall–Kier alpha value is -2.62. The zero-order chi connectivity index (χ0) is 16.2. The van der Waals surface area contributed by atoms with Gasteiger partial charge in [-0.05, 0) is 25.0 Å². The molecule has 0 bridgehead atoms. The highest BCUT2D eigenvalue weighted by molar-refractivity contribution is 5.77. The third-order valence-corrected chi connectivity index (χ3v) is 4.08. The second-order valence-electron chi connectivity index (χ2n) is 5.89. The first-order chi connectivity index (χ1) is 11.2. The molecule has 118 valence electrons. The second-order valence-corrected chi connectivity index (χ2v) is 5.89. The largest absolute Gasteiger partial charge is 0.377 e. The van der Waals surface area contributed by atoms with E-state index in [2.05, 4.69) is 58.5 Å². The summed E-state index contributed by atoms with van der Waals surface area (Å²) in [6, 6.07) is 18.8. The summed E-state index contributed by atoms with van der Waals surface area (Å²) in [6.45, 7) is 2.93. The SMILES string of the molecule is Cc1c(-c2ccccc2N(C)C)nnn1CCc1ccccc1. The molecule has 0 aliphatic heterocycles. The van der Waals surface area contributed by atoms with Gasteiger partial charge in [-0.15, -0.1) is 5.10 Å². The molecule has 0 radical (unpaired) electrons. The molecule has 0 atom stereocenters. The molecule has 3 aromatic rings. The van der Waals surface area contributed by atoms with Crippen LogP contribution in [-0.4, -0.2) is 29.1 Å². The number of aromatic nitrogens is 3. The van der Waals surface area contributed by atoms with E-state index in [1.54, 1.807) is 0 Å². The van der Waals surface area contributed by atoms with Crippen molar-refractivity contribution in [2.24, 2.45) is 0 Å². The van der Waals surface area contributed by atoms with Gasteiger partial charge in [0.1, 0.15) is 5.69 Å². The van der Waals surface area contributed by atoms with Crippen molar-refractivity contribution in [3.63, 3.8) is 0 Å². The lowest BCUT2D eigenvalue weighted by molar-refractivity contribution is 0.575. The van der Waals surface area contributed by atoms with E-state index >= 15 is 0 Å². The molecule has 0 spiro atoms. The van der Waals surface area contributed by atoms with Crippen LogP contribution in [0.4, 0.5) is 5.69 Å². The Bertz CT molecular complexity index is 775. The summed E-state index contributed by atoms with van der Waals surface area (Å²) in [6.07, 6.45) is 0.958. The van der Waals surface area contributed by atoms with Crippen molar-refractivity contribution in [2.45, 2.75) is 19.9 Å². The van der Waals surface area contributed by atoms with Crippen molar-refractivity contribution in [1.82, 2.24) is 15.0 Å². The van der Waals surface area contributed by atoms with Gasteiger partial charge >= 0.3 is 0 Å². The number of para-hydroxylation sites is 1. The lowest BCUT2D eigenvalue weighted by atomic mass is 10.1. The van der Waals surface area contributed by atoms with Crippen LogP contribution in [0.3, 0.4) is 0 Å². The van der Waals surface area contributed by atoms with Gasteiger partial charge in [-0.1, -0.05) is 53.7 Å². The first kappa shape index (κ1) is 15.3. The monoisotopic (exact) mass is 306 g/mol. The van der Waals surface area contributed by atoms with Crippen LogP contribution in [0, 0.1) is 6.92 Å². The minimum atomic E-state index is 0.840. The Morgan fingerprint density at radius 1 is 0.957 bits per heavy atom. The summed E-state index contributed by atoms with van der Waals surface area (Å²) in [5.41, 5.74) is 5.67. The van der Waals surface area contributed by atoms with E-state index in [4.69, 9.17) is 0 Å². The molecule has 0 unspecified atom stereocenters. The van der Waals surface area contributed by atoms with Gasteiger partial charge in [-0.3, -0.25) is 0 Å².